The summed E-state index contributed by atoms with van der Waals surface area (Å²) in [6, 6.07) is 6.90. The van der Waals surface area contributed by atoms with Crippen LogP contribution >= 0.6 is 0 Å². The molecule has 0 unspecified atom stereocenters. The number of amides is 2. The van der Waals surface area contributed by atoms with Gasteiger partial charge >= 0.3 is 0 Å². The number of hydrogen-bond donors (Lipinski definition) is 2. The second-order valence-corrected chi connectivity index (χ2v) is 5.41. The van der Waals surface area contributed by atoms with Crippen LogP contribution in [-0.2, 0) is 4.79 Å². The fourth-order valence-electron chi connectivity index (χ4n) is 2.59. The largest absolute Gasteiger partial charge is 0.374 e. The molecule has 1 heterocycles. The van der Waals surface area contributed by atoms with E-state index in [2.05, 4.69) is 10.6 Å². The number of nitrogens with zero attached hydrogens (tertiary/aromatic N) is 1. The van der Waals surface area contributed by atoms with E-state index in [1.165, 1.54) is 6.42 Å². The van der Waals surface area contributed by atoms with Gasteiger partial charge in [-0.05, 0) is 44.4 Å². The van der Waals surface area contributed by atoms with Crippen molar-refractivity contribution in [1.82, 2.24) is 10.2 Å². The summed E-state index contributed by atoms with van der Waals surface area (Å²) >= 11 is 0. The molecule has 2 rings (SSSR count). The Labute approximate surface area is 125 Å². The average molecular weight is 289 g/mol. The summed E-state index contributed by atoms with van der Waals surface area (Å²) in [7, 11) is 1.60. The zero-order chi connectivity index (χ0) is 15.2. The van der Waals surface area contributed by atoms with Crippen LogP contribution in [0, 0.1) is 0 Å². The third-order valence-corrected chi connectivity index (χ3v) is 3.77. The summed E-state index contributed by atoms with van der Waals surface area (Å²) in [6.07, 6.45) is 3.38. The van der Waals surface area contributed by atoms with E-state index in [4.69, 9.17) is 0 Å². The molecule has 0 aromatic heterocycles. The van der Waals surface area contributed by atoms with Crippen LogP contribution in [0.15, 0.2) is 24.3 Å². The Kier molecular flexibility index (Phi) is 5.20. The van der Waals surface area contributed by atoms with Gasteiger partial charge in [-0.15, -0.1) is 0 Å². The number of piperidine rings is 1. The first-order valence-electron chi connectivity index (χ1n) is 7.49. The van der Waals surface area contributed by atoms with E-state index < -0.39 is 0 Å². The third kappa shape index (κ3) is 3.97. The summed E-state index contributed by atoms with van der Waals surface area (Å²) < 4.78 is 0. The van der Waals surface area contributed by atoms with Crippen molar-refractivity contribution >= 4 is 17.5 Å². The van der Waals surface area contributed by atoms with E-state index in [0.717, 1.165) is 31.6 Å². The molecular weight excluding hydrogens is 266 g/mol. The molecule has 1 fully saturated rings. The Morgan fingerprint density at radius 3 is 2.57 bits per heavy atom. The second kappa shape index (κ2) is 7.11. The molecule has 0 saturated carbocycles. The fourth-order valence-corrected chi connectivity index (χ4v) is 2.59. The smallest absolute Gasteiger partial charge is 0.251 e. The number of hydrogen-bond acceptors (Lipinski definition) is 3. The van der Waals surface area contributed by atoms with E-state index in [0.29, 0.717) is 5.56 Å². The lowest BCUT2D eigenvalue weighted by Gasteiger charge is -2.29. The minimum atomic E-state index is -0.289. The summed E-state index contributed by atoms with van der Waals surface area (Å²) in [5, 5.41) is 5.78. The summed E-state index contributed by atoms with van der Waals surface area (Å²) in [5.41, 5.74) is 1.37. The Bertz CT molecular complexity index is 510. The van der Waals surface area contributed by atoms with Gasteiger partial charge in [0.05, 0.1) is 0 Å². The standard InChI is InChI=1S/C16H23N3O2/c1-12(16(21)19-9-4-3-5-10-19)18-14-8-6-7-13(11-14)15(20)17-2/h6-8,11-12,18H,3-5,9-10H2,1-2H3,(H,17,20)/t12-/m0/s1. The fraction of sp³-hybridized carbons (Fsp3) is 0.500. The van der Waals surface area contributed by atoms with E-state index >= 15 is 0 Å². The van der Waals surface area contributed by atoms with E-state index in [1.54, 1.807) is 19.2 Å². The van der Waals surface area contributed by atoms with Crippen molar-refractivity contribution in [2.45, 2.75) is 32.2 Å². The normalized spacial score (nSPS) is 16.2. The molecule has 1 atom stereocenters. The minimum Gasteiger partial charge on any atom is -0.374 e. The highest BCUT2D eigenvalue weighted by molar-refractivity contribution is 5.95. The van der Waals surface area contributed by atoms with Crippen molar-refractivity contribution in [2.24, 2.45) is 0 Å². The maximum Gasteiger partial charge on any atom is 0.251 e. The number of likely N-dealkylation sites (tertiary alicyclic amines) is 1. The Morgan fingerprint density at radius 2 is 1.90 bits per heavy atom. The molecule has 2 amide bonds. The van der Waals surface area contributed by atoms with Gasteiger partial charge in [0.2, 0.25) is 5.91 Å². The molecule has 5 heteroatoms. The molecule has 0 radical (unpaired) electrons. The maximum absolute atomic E-state index is 12.4. The van der Waals surface area contributed by atoms with Crippen molar-refractivity contribution in [3.63, 3.8) is 0 Å². The van der Waals surface area contributed by atoms with Crippen LogP contribution in [0.4, 0.5) is 5.69 Å². The van der Waals surface area contributed by atoms with Crippen LogP contribution in [-0.4, -0.2) is 42.9 Å². The molecule has 2 N–H and O–H groups in total. The van der Waals surface area contributed by atoms with Crippen LogP contribution in [0.5, 0.6) is 0 Å². The van der Waals surface area contributed by atoms with E-state index in [-0.39, 0.29) is 17.9 Å². The molecule has 0 bridgehead atoms. The lowest BCUT2D eigenvalue weighted by atomic mass is 10.1. The van der Waals surface area contributed by atoms with Gasteiger partial charge < -0.3 is 15.5 Å². The van der Waals surface area contributed by atoms with Gasteiger partial charge in [0, 0.05) is 31.4 Å². The predicted octanol–water partition coefficient (Wildman–Crippen LogP) is 1.86. The minimum absolute atomic E-state index is 0.125. The maximum atomic E-state index is 12.4. The molecule has 0 aliphatic carbocycles. The van der Waals surface area contributed by atoms with Gasteiger partial charge in [-0.1, -0.05) is 6.07 Å². The molecule has 1 saturated heterocycles. The molecule has 21 heavy (non-hydrogen) atoms. The summed E-state index contributed by atoms with van der Waals surface area (Å²) in [5.74, 6) is -0.00583. The summed E-state index contributed by atoms with van der Waals surface area (Å²) in [6.45, 7) is 3.57. The lowest BCUT2D eigenvalue weighted by Crippen LogP contribution is -2.43. The third-order valence-electron chi connectivity index (χ3n) is 3.77. The zero-order valence-electron chi connectivity index (χ0n) is 12.7. The predicted molar refractivity (Wildman–Crippen MR) is 83.3 cm³/mol. The molecular formula is C16H23N3O2. The van der Waals surface area contributed by atoms with Gasteiger partial charge in [-0.25, -0.2) is 0 Å². The average Bonchev–Trinajstić information content (AvgIpc) is 2.54. The number of nitrogens with one attached hydrogen (secondary N) is 2. The van der Waals surface area contributed by atoms with Crippen molar-refractivity contribution in [1.29, 1.82) is 0 Å². The van der Waals surface area contributed by atoms with Crippen LogP contribution in [0.3, 0.4) is 0 Å². The highest BCUT2D eigenvalue weighted by atomic mass is 16.2. The molecule has 114 valence electrons. The van der Waals surface area contributed by atoms with Gasteiger partial charge in [0.1, 0.15) is 6.04 Å². The first-order valence-corrected chi connectivity index (χ1v) is 7.49. The first-order chi connectivity index (χ1) is 10.1. The van der Waals surface area contributed by atoms with Crippen molar-refractivity contribution in [3.05, 3.63) is 29.8 Å². The van der Waals surface area contributed by atoms with Crippen LogP contribution in [0.25, 0.3) is 0 Å². The molecule has 0 spiro atoms. The van der Waals surface area contributed by atoms with E-state index in [9.17, 15) is 9.59 Å². The van der Waals surface area contributed by atoms with Gasteiger partial charge in [-0.3, -0.25) is 9.59 Å². The van der Waals surface area contributed by atoms with Crippen LogP contribution < -0.4 is 10.6 Å². The second-order valence-electron chi connectivity index (χ2n) is 5.41. The SMILES string of the molecule is CNC(=O)c1cccc(N[C@@H](C)C(=O)N2CCCCC2)c1. The van der Waals surface area contributed by atoms with Gasteiger partial charge in [0.15, 0.2) is 0 Å². The van der Waals surface area contributed by atoms with Crippen molar-refractivity contribution in [3.8, 4) is 0 Å². The Balaban J connectivity index is 2.00. The van der Waals surface area contributed by atoms with Crippen molar-refractivity contribution in [2.75, 3.05) is 25.5 Å². The van der Waals surface area contributed by atoms with Crippen molar-refractivity contribution < 1.29 is 9.59 Å². The molecule has 1 aliphatic heterocycles. The topological polar surface area (TPSA) is 61.4 Å². The van der Waals surface area contributed by atoms with Crippen LogP contribution in [0.2, 0.25) is 0 Å². The molecule has 5 nitrogen and oxygen atoms in total. The highest BCUT2D eigenvalue weighted by Crippen LogP contribution is 2.15. The highest BCUT2D eigenvalue weighted by Gasteiger charge is 2.22. The number of carbonyl (C=O) groups excluding carboxylic acids is 2. The van der Waals surface area contributed by atoms with Gasteiger partial charge in [0.25, 0.3) is 5.91 Å². The lowest BCUT2D eigenvalue weighted by molar-refractivity contribution is -0.132. The zero-order valence-corrected chi connectivity index (χ0v) is 12.7. The number of anilines is 1. The quantitative estimate of drug-likeness (QED) is 0.889. The molecule has 1 aromatic carbocycles. The first kappa shape index (κ1) is 15.4. The van der Waals surface area contributed by atoms with Crippen LogP contribution in [0.1, 0.15) is 36.5 Å². The Morgan fingerprint density at radius 1 is 1.19 bits per heavy atom. The number of rotatable bonds is 4. The molecule has 1 aromatic rings. The number of carbonyl (C=O) groups is 2. The number of benzene rings is 1. The van der Waals surface area contributed by atoms with E-state index in [1.807, 2.05) is 24.0 Å². The Hall–Kier alpha value is -2.04. The van der Waals surface area contributed by atoms with Gasteiger partial charge in [-0.2, -0.15) is 0 Å². The monoisotopic (exact) mass is 289 g/mol. The summed E-state index contributed by atoms with van der Waals surface area (Å²) in [4.78, 5) is 25.9. The molecule has 1 aliphatic rings.